The molecule has 4 rings (SSSR count). The van der Waals surface area contributed by atoms with Gasteiger partial charge in [-0.25, -0.2) is 14.8 Å². The normalized spacial score (nSPS) is 12.3. The summed E-state index contributed by atoms with van der Waals surface area (Å²) in [6.07, 6.45) is 5.57. The average molecular weight is 424 g/mol. The number of hydrogen-bond acceptors (Lipinski definition) is 9. The molecule has 0 saturated heterocycles. The minimum atomic E-state index is -0.699. The van der Waals surface area contributed by atoms with Crippen LogP contribution in [0.5, 0.6) is 17.2 Å². The molecule has 0 bridgehead atoms. The maximum Gasteiger partial charge on any atom is 0.336 e. The van der Waals surface area contributed by atoms with Gasteiger partial charge in [-0.2, -0.15) is 0 Å². The van der Waals surface area contributed by atoms with E-state index in [9.17, 15) is 9.59 Å². The van der Waals surface area contributed by atoms with Crippen molar-refractivity contribution in [1.29, 1.82) is 0 Å². The Labute approximate surface area is 175 Å². The largest absolute Gasteiger partial charge is 0.464 e. The monoisotopic (exact) mass is 424 g/mol. The minimum Gasteiger partial charge on any atom is -0.464 e. The van der Waals surface area contributed by atoms with Crippen LogP contribution in [-0.4, -0.2) is 22.7 Å². The number of aromatic nitrogens is 2. The SMILES string of the molecule is Cc1ccnc(SCc2cc(=O)c(OC(=O)/C=C/c3ccc4c(c3)OCO4)co2)n1. The summed E-state index contributed by atoms with van der Waals surface area (Å²) in [6, 6.07) is 8.35. The van der Waals surface area contributed by atoms with Gasteiger partial charge < -0.3 is 18.6 Å². The first-order valence-corrected chi connectivity index (χ1v) is 9.89. The van der Waals surface area contributed by atoms with E-state index in [1.54, 1.807) is 36.5 Å². The van der Waals surface area contributed by atoms with E-state index in [-0.39, 0.29) is 12.5 Å². The van der Waals surface area contributed by atoms with Gasteiger partial charge in [-0.3, -0.25) is 4.79 Å². The lowest BCUT2D eigenvalue weighted by Gasteiger charge is -2.03. The third-order valence-corrected chi connectivity index (χ3v) is 4.87. The Morgan fingerprint density at radius 2 is 2.10 bits per heavy atom. The van der Waals surface area contributed by atoms with Crippen LogP contribution in [0.15, 0.2) is 63.2 Å². The van der Waals surface area contributed by atoms with Crippen molar-refractivity contribution in [1.82, 2.24) is 9.97 Å². The number of aryl methyl sites for hydroxylation is 1. The quantitative estimate of drug-likeness (QED) is 0.255. The summed E-state index contributed by atoms with van der Waals surface area (Å²) >= 11 is 1.34. The molecule has 8 nitrogen and oxygen atoms in total. The molecule has 0 N–H and O–H groups in total. The van der Waals surface area contributed by atoms with Crippen LogP contribution in [-0.2, 0) is 10.5 Å². The Hall–Kier alpha value is -3.59. The molecule has 3 heterocycles. The highest BCUT2D eigenvalue weighted by Crippen LogP contribution is 2.32. The highest BCUT2D eigenvalue weighted by molar-refractivity contribution is 7.98. The lowest BCUT2D eigenvalue weighted by Crippen LogP contribution is -2.12. The zero-order valence-electron chi connectivity index (χ0n) is 15.9. The van der Waals surface area contributed by atoms with Crippen molar-refractivity contribution in [3.05, 3.63) is 76.1 Å². The summed E-state index contributed by atoms with van der Waals surface area (Å²) in [7, 11) is 0. The third kappa shape index (κ3) is 4.87. The van der Waals surface area contributed by atoms with E-state index in [1.165, 1.54) is 23.9 Å². The molecule has 152 valence electrons. The van der Waals surface area contributed by atoms with Gasteiger partial charge in [0.15, 0.2) is 16.7 Å². The molecule has 0 aliphatic carbocycles. The predicted molar refractivity (Wildman–Crippen MR) is 109 cm³/mol. The Morgan fingerprint density at radius 1 is 1.23 bits per heavy atom. The molecular formula is C21H16N2O6S. The molecular weight excluding hydrogens is 408 g/mol. The van der Waals surface area contributed by atoms with Gasteiger partial charge in [-0.1, -0.05) is 17.8 Å². The smallest absolute Gasteiger partial charge is 0.336 e. The second-order valence-corrected chi connectivity index (χ2v) is 7.15. The number of esters is 1. The topological polar surface area (TPSA) is 101 Å². The van der Waals surface area contributed by atoms with Gasteiger partial charge in [0.05, 0.1) is 5.75 Å². The first-order chi connectivity index (χ1) is 14.6. The van der Waals surface area contributed by atoms with Gasteiger partial charge in [0.25, 0.3) is 0 Å². The summed E-state index contributed by atoms with van der Waals surface area (Å²) in [6.45, 7) is 2.04. The van der Waals surface area contributed by atoms with Crippen LogP contribution >= 0.6 is 11.8 Å². The van der Waals surface area contributed by atoms with E-state index in [0.717, 1.165) is 17.5 Å². The Kier molecular flexibility index (Phi) is 5.80. The molecule has 0 saturated carbocycles. The van der Waals surface area contributed by atoms with Crippen LogP contribution in [0.1, 0.15) is 17.0 Å². The number of nitrogens with zero attached hydrogens (tertiary/aromatic N) is 2. The maximum atomic E-state index is 12.2. The highest BCUT2D eigenvalue weighted by Gasteiger charge is 2.13. The van der Waals surface area contributed by atoms with E-state index in [0.29, 0.717) is 28.2 Å². The molecule has 3 aromatic rings. The van der Waals surface area contributed by atoms with Gasteiger partial charge in [-0.05, 0) is 36.8 Å². The number of rotatable bonds is 6. The average Bonchev–Trinajstić information content (AvgIpc) is 3.20. The van der Waals surface area contributed by atoms with Gasteiger partial charge in [0.1, 0.15) is 12.0 Å². The number of carbonyl (C=O) groups is 1. The first-order valence-electron chi connectivity index (χ1n) is 8.90. The van der Waals surface area contributed by atoms with E-state index in [4.69, 9.17) is 18.6 Å². The van der Waals surface area contributed by atoms with Crippen molar-refractivity contribution >= 4 is 23.8 Å². The maximum absolute atomic E-state index is 12.2. The molecule has 0 atom stereocenters. The Morgan fingerprint density at radius 3 is 2.93 bits per heavy atom. The van der Waals surface area contributed by atoms with Crippen LogP contribution in [0.2, 0.25) is 0 Å². The molecule has 30 heavy (non-hydrogen) atoms. The van der Waals surface area contributed by atoms with Crippen molar-refractivity contribution in [2.24, 2.45) is 0 Å². The number of benzene rings is 1. The van der Waals surface area contributed by atoms with Crippen molar-refractivity contribution in [3.63, 3.8) is 0 Å². The van der Waals surface area contributed by atoms with Gasteiger partial charge >= 0.3 is 5.97 Å². The molecule has 1 aliphatic heterocycles. The van der Waals surface area contributed by atoms with E-state index >= 15 is 0 Å². The molecule has 0 fully saturated rings. The highest BCUT2D eigenvalue weighted by atomic mass is 32.2. The molecule has 0 radical (unpaired) electrons. The molecule has 0 spiro atoms. The molecule has 1 aromatic carbocycles. The summed E-state index contributed by atoms with van der Waals surface area (Å²) < 4.78 is 21.0. The second-order valence-electron chi connectivity index (χ2n) is 6.21. The van der Waals surface area contributed by atoms with E-state index < -0.39 is 11.4 Å². The Bertz CT molecular complexity index is 1170. The van der Waals surface area contributed by atoms with Crippen LogP contribution < -0.4 is 19.6 Å². The van der Waals surface area contributed by atoms with Crippen molar-refractivity contribution in [3.8, 4) is 17.2 Å². The van der Waals surface area contributed by atoms with Crippen molar-refractivity contribution in [2.75, 3.05) is 6.79 Å². The van der Waals surface area contributed by atoms with Crippen LogP contribution in [0.3, 0.4) is 0 Å². The van der Waals surface area contributed by atoms with E-state index in [1.807, 2.05) is 6.92 Å². The zero-order chi connectivity index (χ0) is 20.9. The number of carbonyl (C=O) groups excluding carboxylic acids is 1. The minimum absolute atomic E-state index is 0.173. The van der Waals surface area contributed by atoms with Crippen LogP contribution in [0.4, 0.5) is 0 Å². The molecule has 0 unspecified atom stereocenters. The number of thioether (sulfide) groups is 1. The standard InChI is InChI=1S/C21H16N2O6S/c1-13-6-7-22-21(23-13)30-11-15-9-16(24)19(10-26-15)29-20(25)5-3-14-2-4-17-18(8-14)28-12-27-17/h2-10H,11-12H2,1H3/b5-3+. The lowest BCUT2D eigenvalue weighted by molar-refractivity contribution is -0.129. The lowest BCUT2D eigenvalue weighted by atomic mass is 10.2. The van der Waals surface area contributed by atoms with Crippen molar-refractivity contribution in [2.45, 2.75) is 17.8 Å². The summed E-state index contributed by atoms with van der Waals surface area (Å²) in [5.74, 6) is 1.17. The van der Waals surface area contributed by atoms with Crippen LogP contribution in [0, 0.1) is 6.92 Å². The molecule has 0 amide bonds. The predicted octanol–water partition coefficient (Wildman–Crippen LogP) is 3.38. The third-order valence-electron chi connectivity index (χ3n) is 3.99. The Balaban J connectivity index is 1.36. The molecule has 9 heteroatoms. The fourth-order valence-corrected chi connectivity index (χ4v) is 3.31. The summed E-state index contributed by atoms with van der Waals surface area (Å²) in [4.78, 5) is 32.7. The summed E-state index contributed by atoms with van der Waals surface area (Å²) in [5.41, 5.74) is 1.13. The molecule has 2 aromatic heterocycles. The number of ether oxygens (including phenoxy) is 3. The van der Waals surface area contributed by atoms with Gasteiger partial charge in [0, 0.05) is 24.0 Å². The number of hydrogen-bond donors (Lipinski definition) is 0. The van der Waals surface area contributed by atoms with Gasteiger partial charge in [-0.15, -0.1) is 0 Å². The van der Waals surface area contributed by atoms with Crippen LogP contribution in [0.25, 0.3) is 6.08 Å². The molecule has 1 aliphatic rings. The fourth-order valence-electron chi connectivity index (χ4n) is 2.54. The van der Waals surface area contributed by atoms with Gasteiger partial charge in [0.2, 0.25) is 18.0 Å². The van der Waals surface area contributed by atoms with E-state index in [2.05, 4.69) is 9.97 Å². The zero-order valence-corrected chi connectivity index (χ0v) is 16.7. The first kappa shape index (κ1) is 19.7. The number of fused-ring (bicyclic) bond motifs is 1. The second kappa shape index (κ2) is 8.83. The fraction of sp³-hybridized carbons (Fsp3) is 0.143. The van der Waals surface area contributed by atoms with Crippen molar-refractivity contribution < 1.29 is 23.4 Å². The summed E-state index contributed by atoms with van der Waals surface area (Å²) in [5, 5.41) is 0.585.